The number of benzene rings is 2. The van der Waals surface area contributed by atoms with Gasteiger partial charge in [0, 0.05) is 10.7 Å². The third kappa shape index (κ3) is 4.64. The number of halogens is 1. The molecule has 0 aromatic heterocycles. The monoisotopic (exact) mass is 363 g/mol. The summed E-state index contributed by atoms with van der Waals surface area (Å²) in [5, 5.41) is 3.15. The zero-order valence-electron chi connectivity index (χ0n) is 14.1. The quantitative estimate of drug-likeness (QED) is 0.795. The van der Waals surface area contributed by atoms with Gasteiger partial charge in [-0.1, -0.05) is 23.7 Å². The van der Waals surface area contributed by atoms with Crippen molar-refractivity contribution in [2.75, 3.05) is 26.1 Å². The van der Waals surface area contributed by atoms with E-state index in [0.29, 0.717) is 16.5 Å². The molecule has 0 heterocycles. The number of nitrogens with one attached hydrogen (secondary N) is 1. The first kappa shape index (κ1) is 18.6. The van der Waals surface area contributed by atoms with Crippen molar-refractivity contribution in [3.05, 3.63) is 52.5 Å². The second kappa shape index (κ2) is 8.39. The lowest BCUT2D eigenvalue weighted by Crippen LogP contribution is -2.21. The second-order valence-electron chi connectivity index (χ2n) is 5.12. The Kier molecular flexibility index (Phi) is 6.25. The van der Waals surface area contributed by atoms with Crippen LogP contribution in [0, 0.1) is 6.92 Å². The van der Waals surface area contributed by atoms with Crippen LogP contribution < -0.4 is 14.8 Å². The standard InChI is InChI=1S/C18H18ClNO5/c1-11-7-8-12(19)9-14(11)20-16(21)10-25-18(22)13-5-4-6-15(23-2)17(13)24-3/h4-9H,10H2,1-3H3,(H,20,21). The fourth-order valence-corrected chi connectivity index (χ4v) is 2.34. The fourth-order valence-electron chi connectivity index (χ4n) is 2.17. The minimum atomic E-state index is -0.686. The normalized spacial score (nSPS) is 10.1. The van der Waals surface area contributed by atoms with Crippen molar-refractivity contribution in [3.63, 3.8) is 0 Å². The molecule has 0 saturated heterocycles. The average Bonchev–Trinajstić information content (AvgIpc) is 2.61. The van der Waals surface area contributed by atoms with E-state index in [1.165, 1.54) is 20.3 Å². The van der Waals surface area contributed by atoms with Gasteiger partial charge in [0.1, 0.15) is 5.56 Å². The molecule has 0 aliphatic heterocycles. The maximum atomic E-state index is 12.2. The van der Waals surface area contributed by atoms with Crippen molar-refractivity contribution in [1.29, 1.82) is 0 Å². The molecule has 2 aromatic carbocycles. The largest absolute Gasteiger partial charge is 0.493 e. The summed E-state index contributed by atoms with van der Waals surface area (Å²) in [6.07, 6.45) is 0. The molecule has 0 saturated carbocycles. The van der Waals surface area contributed by atoms with Gasteiger partial charge in [-0.2, -0.15) is 0 Å². The molecule has 1 amide bonds. The van der Waals surface area contributed by atoms with Crippen molar-refractivity contribution in [2.45, 2.75) is 6.92 Å². The Bertz CT molecular complexity index is 791. The van der Waals surface area contributed by atoms with Gasteiger partial charge in [-0.05, 0) is 36.8 Å². The first-order valence-corrected chi connectivity index (χ1v) is 7.78. The third-order valence-electron chi connectivity index (χ3n) is 3.43. The lowest BCUT2D eigenvalue weighted by Gasteiger charge is -2.12. The van der Waals surface area contributed by atoms with Gasteiger partial charge in [0.05, 0.1) is 14.2 Å². The summed E-state index contributed by atoms with van der Waals surface area (Å²) in [5.74, 6) is -0.508. The number of hydrogen-bond acceptors (Lipinski definition) is 5. The molecule has 2 aromatic rings. The molecule has 132 valence electrons. The van der Waals surface area contributed by atoms with Crippen LogP contribution >= 0.6 is 11.6 Å². The SMILES string of the molecule is COc1cccc(C(=O)OCC(=O)Nc2cc(Cl)ccc2C)c1OC. The maximum absolute atomic E-state index is 12.2. The van der Waals surface area contributed by atoms with Crippen LogP contribution in [0.5, 0.6) is 11.5 Å². The second-order valence-corrected chi connectivity index (χ2v) is 5.56. The molecular formula is C18H18ClNO5. The van der Waals surface area contributed by atoms with E-state index in [-0.39, 0.29) is 11.3 Å². The molecule has 0 unspecified atom stereocenters. The highest BCUT2D eigenvalue weighted by atomic mass is 35.5. The third-order valence-corrected chi connectivity index (χ3v) is 3.67. The number of carbonyl (C=O) groups is 2. The molecule has 0 radical (unpaired) electrons. The van der Waals surface area contributed by atoms with Crippen LogP contribution in [0.25, 0.3) is 0 Å². The molecule has 6 nitrogen and oxygen atoms in total. The minimum absolute atomic E-state index is 0.175. The van der Waals surface area contributed by atoms with Gasteiger partial charge in [-0.25, -0.2) is 4.79 Å². The van der Waals surface area contributed by atoms with Gasteiger partial charge in [-0.3, -0.25) is 4.79 Å². The molecule has 1 N–H and O–H groups in total. The number of anilines is 1. The van der Waals surface area contributed by atoms with Gasteiger partial charge in [-0.15, -0.1) is 0 Å². The van der Waals surface area contributed by atoms with Crippen LogP contribution in [0.4, 0.5) is 5.69 Å². The molecule has 0 atom stereocenters. The Morgan fingerprint density at radius 2 is 1.88 bits per heavy atom. The predicted octanol–water partition coefficient (Wildman–Crippen LogP) is 3.46. The van der Waals surface area contributed by atoms with Crippen molar-refractivity contribution < 1.29 is 23.8 Å². The molecule has 0 spiro atoms. The number of carbonyl (C=O) groups excluding carboxylic acids is 2. The van der Waals surface area contributed by atoms with E-state index in [2.05, 4.69) is 5.32 Å². The number of ether oxygens (including phenoxy) is 3. The summed E-state index contributed by atoms with van der Waals surface area (Å²) >= 11 is 5.91. The van der Waals surface area contributed by atoms with Crippen LogP contribution in [-0.4, -0.2) is 32.7 Å². The van der Waals surface area contributed by atoms with Crippen molar-refractivity contribution in [2.24, 2.45) is 0 Å². The van der Waals surface area contributed by atoms with Gasteiger partial charge < -0.3 is 19.5 Å². The molecule has 25 heavy (non-hydrogen) atoms. The number of amides is 1. The molecule has 7 heteroatoms. The Morgan fingerprint density at radius 3 is 2.56 bits per heavy atom. The van der Waals surface area contributed by atoms with Gasteiger partial charge in [0.25, 0.3) is 5.91 Å². The average molecular weight is 364 g/mol. The summed E-state index contributed by atoms with van der Waals surface area (Å²) in [7, 11) is 2.89. The van der Waals surface area contributed by atoms with E-state index in [1.807, 2.05) is 6.92 Å². The van der Waals surface area contributed by atoms with E-state index < -0.39 is 18.5 Å². The van der Waals surface area contributed by atoms with Gasteiger partial charge in [0.15, 0.2) is 18.1 Å². The summed E-state index contributed by atoms with van der Waals surface area (Å²) < 4.78 is 15.4. The number of hydrogen-bond donors (Lipinski definition) is 1. The minimum Gasteiger partial charge on any atom is -0.493 e. The first-order chi connectivity index (χ1) is 12.0. The molecule has 0 fully saturated rings. The first-order valence-electron chi connectivity index (χ1n) is 7.40. The van der Waals surface area contributed by atoms with E-state index in [0.717, 1.165) is 5.56 Å². The van der Waals surface area contributed by atoms with E-state index >= 15 is 0 Å². The zero-order chi connectivity index (χ0) is 18.4. The summed E-state index contributed by atoms with van der Waals surface area (Å²) in [6, 6.07) is 9.95. The smallest absolute Gasteiger partial charge is 0.342 e. The highest BCUT2D eigenvalue weighted by Crippen LogP contribution is 2.31. The number of esters is 1. The summed E-state index contributed by atoms with van der Waals surface area (Å²) in [6.45, 7) is 1.39. The Labute approximate surface area is 150 Å². The van der Waals surface area contributed by atoms with Crippen LogP contribution in [0.15, 0.2) is 36.4 Å². The van der Waals surface area contributed by atoms with Crippen LogP contribution in [0.2, 0.25) is 5.02 Å². The van der Waals surface area contributed by atoms with E-state index in [4.69, 9.17) is 25.8 Å². The van der Waals surface area contributed by atoms with E-state index in [9.17, 15) is 9.59 Å². The van der Waals surface area contributed by atoms with Gasteiger partial charge in [0.2, 0.25) is 0 Å². The topological polar surface area (TPSA) is 73.9 Å². The summed E-state index contributed by atoms with van der Waals surface area (Å²) in [4.78, 5) is 24.2. The van der Waals surface area contributed by atoms with Crippen LogP contribution in [-0.2, 0) is 9.53 Å². The van der Waals surface area contributed by atoms with Gasteiger partial charge >= 0.3 is 5.97 Å². The number of para-hydroxylation sites is 1. The molecule has 0 aliphatic carbocycles. The fraction of sp³-hybridized carbons (Fsp3) is 0.222. The lowest BCUT2D eigenvalue weighted by atomic mass is 10.2. The highest BCUT2D eigenvalue weighted by molar-refractivity contribution is 6.31. The Balaban J connectivity index is 2.02. The number of aryl methyl sites for hydroxylation is 1. The molecular weight excluding hydrogens is 346 g/mol. The lowest BCUT2D eigenvalue weighted by molar-refractivity contribution is -0.119. The Hall–Kier alpha value is -2.73. The zero-order valence-corrected chi connectivity index (χ0v) is 14.8. The number of rotatable bonds is 6. The molecule has 0 bridgehead atoms. The summed E-state index contributed by atoms with van der Waals surface area (Å²) in [5.41, 5.74) is 1.58. The van der Waals surface area contributed by atoms with Crippen LogP contribution in [0.3, 0.4) is 0 Å². The maximum Gasteiger partial charge on any atom is 0.342 e. The van der Waals surface area contributed by atoms with Crippen molar-refractivity contribution >= 4 is 29.2 Å². The molecule has 0 aliphatic rings. The molecule has 2 rings (SSSR count). The Morgan fingerprint density at radius 1 is 1.12 bits per heavy atom. The van der Waals surface area contributed by atoms with Crippen LogP contribution in [0.1, 0.15) is 15.9 Å². The van der Waals surface area contributed by atoms with Crippen molar-refractivity contribution in [3.8, 4) is 11.5 Å². The van der Waals surface area contributed by atoms with E-state index in [1.54, 1.807) is 30.3 Å². The highest BCUT2D eigenvalue weighted by Gasteiger charge is 2.18. The van der Waals surface area contributed by atoms with Crippen molar-refractivity contribution in [1.82, 2.24) is 0 Å². The predicted molar refractivity (Wildman–Crippen MR) is 94.6 cm³/mol. The number of methoxy groups -OCH3 is 2.